The third kappa shape index (κ3) is 4.23. The van der Waals surface area contributed by atoms with Gasteiger partial charge in [0.25, 0.3) is 0 Å². The van der Waals surface area contributed by atoms with Crippen LogP contribution in [0.15, 0.2) is 29.8 Å². The van der Waals surface area contributed by atoms with Crippen LogP contribution in [0, 0.1) is 5.82 Å². The number of esters is 1. The summed E-state index contributed by atoms with van der Waals surface area (Å²) in [7, 11) is -5.17. The van der Waals surface area contributed by atoms with E-state index in [4.69, 9.17) is 24.6 Å². The molecule has 0 bridgehead atoms. The Morgan fingerprint density at radius 2 is 2.39 bits per heavy atom. The van der Waals surface area contributed by atoms with Crippen LogP contribution >= 0.6 is 11.6 Å². The van der Waals surface area contributed by atoms with Crippen molar-refractivity contribution < 1.29 is 30.6 Å². The molecule has 1 aliphatic carbocycles. The summed E-state index contributed by atoms with van der Waals surface area (Å²) >= 11 is 5.77. The number of benzene rings is 1. The van der Waals surface area contributed by atoms with Crippen molar-refractivity contribution >= 4 is 33.3 Å². The molecule has 0 spiro atoms. The van der Waals surface area contributed by atoms with Crippen LogP contribution in [-0.2, 0) is 19.6 Å². The molecule has 0 fully saturated rings. The Hall–Kier alpha value is -1.60. The van der Waals surface area contributed by atoms with Crippen LogP contribution in [0.1, 0.15) is 34.4 Å². The Bertz CT molecular complexity index is 974. The number of nitrogens with one attached hydrogen (secondary N) is 1. The first-order valence-corrected chi connectivity index (χ1v) is 8.44. The lowest BCUT2D eigenvalue weighted by Gasteiger charge is -2.24. The number of carbonyl (C=O) groups is 1. The average Bonchev–Trinajstić information content (AvgIpc) is 2.64. The monoisotopic (exact) mass is 367 g/mol. The third-order valence-electron chi connectivity index (χ3n) is 2.76. The highest BCUT2D eigenvalue weighted by Gasteiger charge is 2.35. The summed E-state index contributed by atoms with van der Waals surface area (Å²) in [6.45, 7) is 1.30. The molecular formula is C15H17ClFNO4S. The van der Waals surface area contributed by atoms with Crippen LogP contribution < -0.4 is 4.72 Å². The molecule has 1 aromatic carbocycles. The molecule has 0 unspecified atom stereocenters. The predicted molar refractivity (Wildman–Crippen MR) is 86.3 cm³/mol. The smallest absolute Gasteiger partial charge is 0.335 e. The fraction of sp³-hybridized carbons (Fsp3) is 0.400. The van der Waals surface area contributed by atoms with Gasteiger partial charge in [-0.15, -0.1) is 0 Å². The van der Waals surface area contributed by atoms with E-state index in [0.717, 1.165) is 6.08 Å². The Morgan fingerprint density at radius 3 is 3.09 bits per heavy atom. The van der Waals surface area contributed by atoms with Gasteiger partial charge in [0.1, 0.15) is 11.0 Å². The first-order valence-electron chi connectivity index (χ1n) is 9.57. The third-order valence-corrected chi connectivity index (χ3v) is 4.42. The summed E-state index contributed by atoms with van der Waals surface area (Å²) in [5.74, 6) is -2.64. The standard InChI is InChI=1S/C15H17ClFNO4S/c1-2-22-15(19)11-5-3-4-6-14(11)23(20,21)18-13-8-7-10(17)9-12(13)16/h5,7-9,14,18H,2-4,6H2,1H3/t14-/m1/s1/i6D2,7D,8D,9D,14D. The molecule has 1 aromatic rings. The highest BCUT2D eigenvalue weighted by atomic mass is 35.5. The molecule has 1 atom stereocenters. The molecule has 1 aliphatic rings. The zero-order valence-corrected chi connectivity index (χ0v) is 13.6. The van der Waals surface area contributed by atoms with E-state index in [2.05, 4.69) is 0 Å². The molecule has 0 aliphatic heterocycles. The molecule has 0 aromatic heterocycles. The van der Waals surface area contributed by atoms with Gasteiger partial charge in [0.15, 0.2) is 0 Å². The number of hydrogen-bond acceptors (Lipinski definition) is 4. The summed E-state index contributed by atoms with van der Waals surface area (Å²) in [5, 5.41) is -4.03. The minimum atomic E-state index is -5.17. The number of anilines is 1. The van der Waals surface area contributed by atoms with E-state index >= 15 is 0 Å². The number of allylic oxidation sites excluding steroid dienone is 1. The van der Waals surface area contributed by atoms with Gasteiger partial charge in [-0.2, -0.15) is 0 Å². The summed E-state index contributed by atoms with van der Waals surface area (Å²) < 4.78 is 93.8. The lowest BCUT2D eigenvalue weighted by atomic mass is 9.99. The van der Waals surface area contributed by atoms with E-state index < -0.39 is 74.2 Å². The quantitative estimate of drug-likeness (QED) is 0.811. The van der Waals surface area contributed by atoms with Crippen molar-refractivity contribution in [1.82, 2.24) is 0 Å². The van der Waals surface area contributed by atoms with Gasteiger partial charge in [0.2, 0.25) is 10.0 Å². The van der Waals surface area contributed by atoms with Crippen LogP contribution in [0.3, 0.4) is 0 Å². The highest BCUT2D eigenvalue weighted by Crippen LogP contribution is 2.30. The van der Waals surface area contributed by atoms with Gasteiger partial charge < -0.3 is 4.74 Å². The Labute approximate surface area is 148 Å². The molecule has 1 N–H and O–H groups in total. The fourth-order valence-electron chi connectivity index (χ4n) is 1.83. The van der Waals surface area contributed by atoms with Crippen molar-refractivity contribution in [2.45, 2.75) is 31.4 Å². The molecule has 0 amide bonds. The highest BCUT2D eigenvalue weighted by molar-refractivity contribution is 7.93. The van der Waals surface area contributed by atoms with Crippen molar-refractivity contribution in [2.24, 2.45) is 0 Å². The molecule has 0 saturated heterocycles. The average molecular weight is 368 g/mol. The van der Waals surface area contributed by atoms with Gasteiger partial charge in [-0.25, -0.2) is 17.6 Å². The molecule has 2 rings (SSSR count). The normalized spacial score (nSPS) is 27.3. The molecular weight excluding hydrogens is 345 g/mol. The minimum Gasteiger partial charge on any atom is -0.463 e. The maximum Gasteiger partial charge on any atom is 0.335 e. The Kier molecular flexibility index (Phi) is 3.51. The molecule has 8 heteroatoms. The van der Waals surface area contributed by atoms with E-state index in [-0.39, 0.29) is 13.0 Å². The summed E-state index contributed by atoms with van der Waals surface area (Å²) in [6, 6.07) is -3.16. The van der Waals surface area contributed by atoms with Crippen molar-refractivity contribution in [3.63, 3.8) is 0 Å². The van der Waals surface area contributed by atoms with Gasteiger partial charge in [-0.05, 0) is 44.3 Å². The second-order valence-electron chi connectivity index (χ2n) is 4.37. The largest absolute Gasteiger partial charge is 0.463 e. The summed E-state index contributed by atoms with van der Waals surface area (Å²) in [5.41, 5.74) is -1.62. The molecule has 126 valence electrons. The number of sulfonamides is 1. The SMILES string of the molecule is [2H]c1c([2H])c(NS(=O)(=O)[C@@]2([2H])C(C(=O)OCC)=CCCC2([2H])[2H])c(Cl)c([2H])c1F. The number of halogens is 2. The van der Waals surface area contributed by atoms with Crippen LogP contribution in [-0.4, -0.2) is 26.2 Å². The van der Waals surface area contributed by atoms with E-state index in [1.165, 1.54) is 6.92 Å². The van der Waals surface area contributed by atoms with Crippen molar-refractivity contribution in [3.8, 4) is 0 Å². The Morgan fingerprint density at radius 1 is 1.65 bits per heavy atom. The van der Waals surface area contributed by atoms with Gasteiger partial charge >= 0.3 is 5.97 Å². The first kappa shape index (κ1) is 11.0. The molecule has 0 radical (unpaired) electrons. The zero-order valence-electron chi connectivity index (χ0n) is 18.0. The van der Waals surface area contributed by atoms with Crippen LogP contribution in [0.5, 0.6) is 0 Å². The fourth-order valence-corrected chi connectivity index (χ4v) is 3.34. The summed E-state index contributed by atoms with van der Waals surface area (Å²) in [6.07, 6.45) is -2.09. The number of hydrogen-bond donors (Lipinski definition) is 1. The van der Waals surface area contributed by atoms with E-state index in [1.54, 1.807) is 4.72 Å². The van der Waals surface area contributed by atoms with Crippen LogP contribution in [0.2, 0.25) is 5.02 Å². The van der Waals surface area contributed by atoms with E-state index in [0.29, 0.717) is 0 Å². The van der Waals surface area contributed by atoms with E-state index in [1.807, 2.05) is 0 Å². The Balaban J connectivity index is 2.69. The molecule has 0 saturated carbocycles. The number of carbonyl (C=O) groups excluding carboxylic acids is 1. The zero-order chi connectivity index (χ0) is 22.4. The van der Waals surface area contributed by atoms with Crippen LogP contribution in [0.25, 0.3) is 0 Å². The minimum absolute atomic E-state index is 0.0218. The van der Waals surface area contributed by atoms with Gasteiger partial charge in [-0.1, -0.05) is 17.7 Å². The maximum absolute atomic E-state index is 13.7. The predicted octanol–water partition coefficient (Wildman–Crippen LogP) is 3.26. The van der Waals surface area contributed by atoms with Gasteiger partial charge in [0.05, 0.1) is 28.4 Å². The molecule has 23 heavy (non-hydrogen) atoms. The van der Waals surface area contributed by atoms with Crippen molar-refractivity contribution in [2.75, 3.05) is 11.3 Å². The van der Waals surface area contributed by atoms with Crippen molar-refractivity contribution in [3.05, 3.63) is 40.6 Å². The second-order valence-corrected chi connectivity index (χ2v) is 6.36. The number of rotatable bonds is 5. The molecule has 0 heterocycles. The number of ether oxygens (including phenoxy) is 1. The van der Waals surface area contributed by atoms with Crippen molar-refractivity contribution in [1.29, 1.82) is 0 Å². The summed E-state index contributed by atoms with van der Waals surface area (Å²) in [4.78, 5) is 12.2. The van der Waals surface area contributed by atoms with Gasteiger partial charge in [0, 0.05) is 2.74 Å². The van der Waals surface area contributed by atoms with Gasteiger partial charge in [-0.3, -0.25) is 4.72 Å². The van der Waals surface area contributed by atoms with E-state index in [9.17, 15) is 17.6 Å². The molecule has 5 nitrogen and oxygen atoms in total. The lowest BCUT2D eigenvalue weighted by Crippen LogP contribution is -2.34. The topological polar surface area (TPSA) is 72.5 Å². The first-order chi connectivity index (χ1) is 13.2. The lowest BCUT2D eigenvalue weighted by molar-refractivity contribution is -0.138. The van der Waals surface area contributed by atoms with Crippen LogP contribution in [0.4, 0.5) is 10.1 Å². The maximum atomic E-state index is 13.7. The second kappa shape index (κ2) is 7.31.